The fourth-order valence-electron chi connectivity index (χ4n) is 1.93. The van der Waals surface area contributed by atoms with E-state index in [1.165, 1.54) is 5.56 Å². The summed E-state index contributed by atoms with van der Waals surface area (Å²) in [5, 5.41) is 0. The first kappa shape index (κ1) is 15.9. The Hall–Kier alpha value is -1.11. The van der Waals surface area contributed by atoms with Crippen molar-refractivity contribution in [3.05, 3.63) is 35.4 Å². The van der Waals surface area contributed by atoms with Crippen LogP contribution in [0.2, 0.25) is 0 Å². The second-order valence-electron chi connectivity index (χ2n) is 7.27. The molecule has 0 amide bonds. The van der Waals surface area contributed by atoms with E-state index in [-0.39, 0.29) is 16.6 Å². The van der Waals surface area contributed by atoms with Gasteiger partial charge in [-0.25, -0.2) is 0 Å². The van der Waals surface area contributed by atoms with Crippen molar-refractivity contribution in [1.82, 2.24) is 0 Å². The zero-order chi connectivity index (χ0) is 14.7. The van der Waals surface area contributed by atoms with Gasteiger partial charge in [0, 0.05) is 12.0 Å². The quantitative estimate of drug-likeness (QED) is 0.649. The van der Waals surface area contributed by atoms with E-state index in [0.717, 1.165) is 18.4 Å². The molecule has 0 bridgehead atoms. The molecular weight excluding hydrogens is 232 g/mol. The minimum Gasteiger partial charge on any atom is -0.294 e. The Morgan fingerprint density at radius 2 is 1.53 bits per heavy atom. The summed E-state index contributed by atoms with van der Waals surface area (Å²) >= 11 is 0. The van der Waals surface area contributed by atoms with Crippen LogP contribution in [0, 0.1) is 5.41 Å². The summed E-state index contributed by atoms with van der Waals surface area (Å²) in [6, 6.07) is 8.11. The molecule has 0 aliphatic carbocycles. The third-order valence-corrected chi connectivity index (χ3v) is 4.06. The average molecular weight is 260 g/mol. The molecule has 1 aromatic rings. The third kappa shape index (κ3) is 4.81. The highest BCUT2D eigenvalue weighted by Crippen LogP contribution is 2.27. The van der Waals surface area contributed by atoms with Crippen LogP contribution in [0.4, 0.5) is 0 Å². The minimum atomic E-state index is 0.145. The first-order chi connectivity index (χ1) is 8.65. The van der Waals surface area contributed by atoms with E-state index in [9.17, 15) is 4.79 Å². The normalized spacial score (nSPS) is 12.5. The van der Waals surface area contributed by atoms with Crippen LogP contribution in [0.3, 0.4) is 0 Å². The third-order valence-electron chi connectivity index (χ3n) is 4.06. The summed E-state index contributed by atoms with van der Waals surface area (Å²) in [6.45, 7) is 13.2. The monoisotopic (exact) mass is 260 g/mol. The average Bonchev–Trinajstić information content (AvgIpc) is 2.35. The summed E-state index contributed by atoms with van der Waals surface area (Å²) in [5.41, 5.74) is 2.53. The van der Waals surface area contributed by atoms with Crippen molar-refractivity contribution in [1.29, 1.82) is 0 Å². The summed E-state index contributed by atoms with van der Waals surface area (Å²) in [7, 11) is 0. The number of Topliss-reactive ketones (excluding diaryl/α,β-unsaturated/α-hetero) is 1. The maximum atomic E-state index is 12.2. The number of carbonyl (C=O) groups excluding carboxylic acids is 1. The fraction of sp³-hybridized carbons (Fsp3) is 0.611. The molecule has 1 nitrogen and oxygen atoms in total. The van der Waals surface area contributed by atoms with Crippen molar-refractivity contribution < 1.29 is 4.79 Å². The first-order valence-corrected chi connectivity index (χ1v) is 7.29. The van der Waals surface area contributed by atoms with E-state index in [0.29, 0.717) is 6.42 Å². The van der Waals surface area contributed by atoms with Crippen LogP contribution < -0.4 is 0 Å². The van der Waals surface area contributed by atoms with Crippen molar-refractivity contribution in [2.45, 2.75) is 66.2 Å². The second-order valence-corrected chi connectivity index (χ2v) is 7.27. The molecule has 0 saturated heterocycles. The highest BCUT2D eigenvalue weighted by atomic mass is 16.1. The lowest BCUT2D eigenvalue weighted by molar-refractivity contribution is 0.0962. The lowest BCUT2D eigenvalue weighted by Crippen LogP contribution is -2.13. The summed E-state index contributed by atoms with van der Waals surface area (Å²) in [6.07, 6.45) is 2.72. The molecule has 0 unspecified atom stereocenters. The molecule has 0 aliphatic heterocycles. The van der Waals surface area contributed by atoms with E-state index in [2.05, 4.69) is 53.7 Å². The van der Waals surface area contributed by atoms with Crippen molar-refractivity contribution in [3.8, 4) is 0 Å². The highest BCUT2D eigenvalue weighted by molar-refractivity contribution is 5.96. The zero-order valence-corrected chi connectivity index (χ0v) is 13.3. The number of hydrogen-bond donors (Lipinski definition) is 0. The Labute approximate surface area is 118 Å². The predicted octanol–water partition coefficient (Wildman–Crippen LogP) is 5.38. The molecule has 0 aromatic heterocycles. The van der Waals surface area contributed by atoms with Gasteiger partial charge in [0.2, 0.25) is 0 Å². The molecule has 0 atom stereocenters. The summed E-state index contributed by atoms with van der Waals surface area (Å²) in [4.78, 5) is 12.2. The Morgan fingerprint density at radius 1 is 1.00 bits per heavy atom. The number of rotatable bonds is 5. The molecule has 0 fully saturated rings. The number of carbonyl (C=O) groups is 1. The van der Waals surface area contributed by atoms with Crippen LogP contribution in [0.25, 0.3) is 0 Å². The van der Waals surface area contributed by atoms with E-state index < -0.39 is 0 Å². The van der Waals surface area contributed by atoms with Gasteiger partial charge in [0.25, 0.3) is 0 Å². The van der Waals surface area contributed by atoms with E-state index >= 15 is 0 Å². The Balaban J connectivity index is 2.69. The van der Waals surface area contributed by atoms with E-state index in [4.69, 9.17) is 0 Å². The van der Waals surface area contributed by atoms with Gasteiger partial charge in [-0.3, -0.25) is 4.79 Å². The first-order valence-electron chi connectivity index (χ1n) is 7.29. The van der Waals surface area contributed by atoms with Crippen LogP contribution >= 0.6 is 0 Å². The van der Waals surface area contributed by atoms with Crippen molar-refractivity contribution in [2.75, 3.05) is 0 Å². The lowest BCUT2D eigenvalue weighted by Gasteiger charge is -2.22. The lowest BCUT2D eigenvalue weighted by atomic mass is 9.83. The number of ketones is 1. The summed E-state index contributed by atoms with van der Waals surface area (Å²) in [5.74, 6) is 0.266. The topological polar surface area (TPSA) is 17.1 Å². The molecule has 1 heteroatoms. The molecule has 0 saturated carbocycles. The van der Waals surface area contributed by atoms with E-state index in [1.54, 1.807) is 0 Å². The largest absolute Gasteiger partial charge is 0.294 e. The van der Waals surface area contributed by atoms with Crippen molar-refractivity contribution in [2.24, 2.45) is 5.41 Å². The van der Waals surface area contributed by atoms with Crippen LogP contribution in [0.1, 0.15) is 76.7 Å². The van der Waals surface area contributed by atoms with Crippen LogP contribution in [-0.2, 0) is 5.41 Å². The minimum absolute atomic E-state index is 0.145. The van der Waals surface area contributed by atoms with Gasteiger partial charge < -0.3 is 0 Å². The van der Waals surface area contributed by atoms with Crippen LogP contribution in [0.5, 0.6) is 0 Å². The molecule has 0 heterocycles. The predicted molar refractivity (Wildman–Crippen MR) is 82.8 cm³/mol. The molecule has 19 heavy (non-hydrogen) atoms. The van der Waals surface area contributed by atoms with Gasteiger partial charge in [0.05, 0.1) is 0 Å². The summed E-state index contributed by atoms with van der Waals surface area (Å²) < 4.78 is 0. The van der Waals surface area contributed by atoms with Gasteiger partial charge in [0.15, 0.2) is 5.78 Å². The van der Waals surface area contributed by atoms with Crippen LogP contribution in [0.15, 0.2) is 24.3 Å². The molecule has 0 radical (unpaired) electrons. The smallest absolute Gasteiger partial charge is 0.162 e. The Morgan fingerprint density at radius 3 is 1.95 bits per heavy atom. The van der Waals surface area contributed by atoms with Gasteiger partial charge >= 0.3 is 0 Å². The number of hydrogen-bond acceptors (Lipinski definition) is 1. The van der Waals surface area contributed by atoms with Gasteiger partial charge in [-0.15, -0.1) is 0 Å². The van der Waals surface area contributed by atoms with Gasteiger partial charge in [-0.1, -0.05) is 72.2 Å². The van der Waals surface area contributed by atoms with Gasteiger partial charge in [0.1, 0.15) is 0 Å². The van der Waals surface area contributed by atoms with Gasteiger partial charge in [-0.2, -0.15) is 0 Å². The standard InChI is InChI=1S/C18H28O/c1-7-18(5,6)13-12-16(19)14-8-10-15(11-9-14)17(2,3)4/h8-11H,7,12-13H2,1-6H3. The molecular formula is C18H28O. The highest BCUT2D eigenvalue weighted by Gasteiger charge is 2.18. The van der Waals surface area contributed by atoms with Crippen molar-refractivity contribution >= 4 is 5.78 Å². The molecule has 106 valence electrons. The maximum absolute atomic E-state index is 12.2. The van der Waals surface area contributed by atoms with E-state index in [1.807, 2.05) is 12.1 Å². The molecule has 1 aromatic carbocycles. The Bertz CT molecular complexity index is 418. The molecule has 0 aliphatic rings. The zero-order valence-electron chi connectivity index (χ0n) is 13.3. The van der Waals surface area contributed by atoms with Crippen molar-refractivity contribution in [3.63, 3.8) is 0 Å². The molecule has 1 rings (SSSR count). The molecule has 0 N–H and O–H groups in total. The molecule has 0 spiro atoms. The van der Waals surface area contributed by atoms with Crippen LogP contribution in [-0.4, -0.2) is 5.78 Å². The van der Waals surface area contributed by atoms with Gasteiger partial charge in [-0.05, 0) is 22.8 Å². The second kappa shape index (κ2) is 5.90. The number of benzene rings is 1. The SMILES string of the molecule is CCC(C)(C)CCC(=O)c1ccc(C(C)(C)C)cc1. The fourth-order valence-corrected chi connectivity index (χ4v) is 1.93. The Kier molecular flexibility index (Phi) is 4.95. The maximum Gasteiger partial charge on any atom is 0.162 e.